The maximum Gasteiger partial charge on any atom is 0.0429 e. The maximum atomic E-state index is 2.47. The van der Waals surface area contributed by atoms with Crippen molar-refractivity contribution in [2.75, 3.05) is 6.54 Å². The second-order valence-electron chi connectivity index (χ2n) is 6.67. The molecule has 1 aromatic rings. The molecule has 2 rings (SSSR count). The van der Waals surface area contributed by atoms with Crippen molar-refractivity contribution >= 4 is 23.1 Å². The molecule has 0 saturated carbocycles. The Labute approximate surface area is 153 Å². The van der Waals surface area contributed by atoms with Crippen molar-refractivity contribution in [2.24, 2.45) is 0 Å². The molecule has 0 spiro atoms. The highest BCUT2D eigenvalue weighted by atomic mass is 79.9. The molecule has 0 fully saturated rings. The molecule has 1 heterocycles. The first-order valence-electron chi connectivity index (χ1n) is 9.40. The summed E-state index contributed by atoms with van der Waals surface area (Å²) in [5, 5.41) is 0. The van der Waals surface area contributed by atoms with E-state index in [9.17, 15) is 0 Å². The van der Waals surface area contributed by atoms with Gasteiger partial charge in [0.1, 0.15) is 0 Å². The highest BCUT2D eigenvalue weighted by Crippen LogP contribution is 2.19. The summed E-state index contributed by atoms with van der Waals surface area (Å²) >= 11 is 0. The van der Waals surface area contributed by atoms with Crippen LogP contribution in [0.5, 0.6) is 0 Å². The van der Waals surface area contributed by atoms with Gasteiger partial charge in [-0.3, -0.25) is 0 Å². The number of halogens is 1. The third-order valence-electron chi connectivity index (χ3n) is 4.69. The van der Waals surface area contributed by atoms with Gasteiger partial charge in [0.25, 0.3) is 0 Å². The van der Waals surface area contributed by atoms with Crippen molar-refractivity contribution in [2.45, 2.75) is 77.7 Å². The van der Waals surface area contributed by atoms with Crippen LogP contribution in [-0.4, -0.2) is 11.4 Å². The number of unbranched alkanes of at least 4 members (excludes halogenated alkanes) is 9. The lowest BCUT2D eigenvalue weighted by Crippen LogP contribution is -2.21. The molecule has 1 aliphatic rings. The van der Waals surface area contributed by atoms with Gasteiger partial charge in [0.2, 0.25) is 0 Å². The van der Waals surface area contributed by atoms with Crippen molar-refractivity contribution in [3.05, 3.63) is 41.6 Å². The van der Waals surface area contributed by atoms with Gasteiger partial charge >= 0.3 is 0 Å². The minimum absolute atomic E-state index is 0. The summed E-state index contributed by atoms with van der Waals surface area (Å²) < 4.78 is 0. The summed E-state index contributed by atoms with van der Waals surface area (Å²) in [7, 11) is 0. The number of hydrogen-bond acceptors (Lipinski definition) is 1. The summed E-state index contributed by atoms with van der Waals surface area (Å²) in [5.41, 5.74) is 2.86. The Morgan fingerprint density at radius 2 is 1.43 bits per heavy atom. The van der Waals surface area contributed by atoms with Gasteiger partial charge in [-0.05, 0) is 29.8 Å². The van der Waals surface area contributed by atoms with Gasteiger partial charge in [0.15, 0.2) is 0 Å². The molecule has 0 bridgehead atoms. The molecule has 0 N–H and O–H groups in total. The van der Waals surface area contributed by atoms with E-state index < -0.39 is 0 Å². The van der Waals surface area contributed by atoms with E-state index in [1.807, 2.05) is 0 Å². The van der Waals surface area contributed by atoms with Crippen LogP contribution in [0.25, 0.3) is 6.08 Å². The predicted octanol–water partition coefficient (Wildman–Crippen LogP) is 6.97. The van der Waals surface area contributed by atoms with Gasteiger partial charge in [-0.15, -0.1) is 17.0 Å². The molecule has 0 radical (unpaired) electrons. The molecule has 1 aliphatic heterocycles. The summed E-state index contributed by atoms with van der Waals surface area (Å²) in [5.74, 6) is 0. The largest absolute Gasteiger partial charge is 0.373 e. The van der Waals surface area contributed by atoms with E-state index in [0.29, 0.717) is 0 Å². The first-order valence-corrected chi connectivity index (χ1v) is 9.40. The average Bonchev–Trinajstić information content (AvgIpc) is 2.56. The van der Waals surface area contributed by atoms with Crippen molar-refractivity contribution in [3.63, 3.8) is 0 Å². The topological polar surface area (TPSA) is 3.24 Å². The van der Waals surface area contributed by atoms with Gasteiger partial charge in [-0.25, -0.2) is 0 Å². The number of benzene rings is 1. The predicted molar refractivity (Wildman–Crippen MR) is 108 cm³/mol. The van der Waals surface area contributed by atoms with Crippen LogP contribution < -0.4 is 0 Å². The Bertz CT molecular complexity index is 441. The quantitative estimate of drug-likeness (QED) is 0.375. The minimum Gasteiger partial charge on any atom is -0.373 e. The lowest BCUT2D eigenvalue weighted by Gasteiger charge is -2.25. The van der Waals surface area contributed by atoms with Crippen molar-refractivity contribution < 1.29 is 0 Å². The van der Waals surface area contributed by atoms with Gasteiger partial charge in [0.05, 0.1) is 0 Å². The van der Waals surface area contributed by atoms with Crippen LogP contribution in [0.1, 0.15) is 82.3 Å². The van der Waals surface area contributed by atoms with Crippen LogP contribution in [0.4, 0.5) is 0 Å². The molecular formula is C21H34BrN. The van der Waals surface area contributed by atoms with Crippen LogP contribution in [0.3, 0.4) is 0 Å². The molecule has 23 heavy (non-hydrogen) atoms. The summed E-state index contributed by atoms with van der Waals surface area (Å²) in [6.07, 6.45) is 18.7. The average molecular weight is 380 g/mol. The zero-order valence-corrected chi connectivity index (χ0v) is 16.5. The highest BCUT2D eigenvalue weighted by molar-refractivity contribution is 8.93. The van der Waals surface area contributed by atoms with Crippen LogP contribution in [0.15, 0.2) is 30.5 Å². The third-order valence-corrected chi connectivity index (χ3v) is 4.69. The molecule has 130 valence electrons. The fourth-order valence-corrected chi connectivity index (χ4v) is 3.25. The van der Waals surface area contributed by atoms with E-state index in [2.05, 4.69) is 48.4 Å². The molecule has 0 aromatic heterocycles. The molecule has 0 aliphatic carbocycles. The maximum absolute atomic E-state index is 2.47. The van der Waals surface area contributed by atoms with Gasteiger partial charge in [-0.1, -0.05) is 89.0 Å². The standard InChI is InChI=1S/C21H33N.BrH/c1-2-3-4-5-6-7-8-9-10-13-17-22-18-16-20-14-11-12-15-21(20)19-22;/h11-12,14-16,18H,2-10,13,17,19H2,1H3;1H. The van der Waals surface area contributed by atoms with Crippen molar-refractivity contribution in [3.8, 4) is 0 Å². The first kappa shape index (κ1) is 20.3. The summed E-state index contributed by atoms with van der Waals surface area (Å²) in [4.78, 5) is 2.47. The fourth-order valence-electron chi connectivity index (χ4n) is 3.25. The van der Waals surface area contributed by atoms with Crippen LogP contribution >= 0.6 is 17.0 Å². The zero-order chi connectivity index (χ0) is 15.5. The van der Waals surface area contributed by atoms with Gasteiger partial charge in [-0.2, -0.15) is 0 Å². The Morgan fingerprint density at radius 3 is 2.13 bits per heavy atom. The number of rotatable bonds is 11. The number of hydrogen-bond donors (Lipinski definition) is 0. The monoisotopic (exact) mass is 379 g/mol. The van der Waals surface area contributed by atoms with Gasteiger partial charge < -0.3 is 4.90 Å². The van der Waals surface area contributed by atoms with Crippen LogP contribution in [-0.2, 0) is 6.54 Å². The van der Waals surface area contributed by atoms with E-state index in [1.165, 1.54) is 81.9 Å². The molecular weight excluding hydrogens is 346 g/mol. The lowest BCUT2D eigenvalue weighted by molar-refractivity contribution is 0.353. The number of fused-ring (bicyclic) bond motifs is 1. The minimum atomic E-state index is 0. The van der Waals surface area contributed by atoms with E-state index >= 15 is 0 Å². The third kappa shape index (κ3) is 8.06. The second kappa shape index (κ2) is 12.6. The lowest BCUT2D eigenvalue weighted by atomic mass is 10.0. The molecule has 0 saturated heterocycles. The highest BCUT2D eigenvalue weighted by Gasteiger charge is 2.08. The smallest absolute Gasteiger partial charge is 0.0429 e. The molecule has 1 nitrogen and oxygen atoms in total. The molecule has 0 unspecified atom stereocenters. The van der Waals surface area contributed by atoms with Crippen molar-refractivity contribution in [1.29, 1.82) is 0 Å². The Kier molecular flexibility index (Phi) is 11.1. The van der Waals surface area contributed by atoms with Gasteiger partial charge in [0, 0.05) is 13.1 Å². The zero-order valence-electron chi connectivity index (χ0n) is 14.8. The summed E-state index contributed by atoms with van der Waals surface area (Å²) in [6, 6.07) is 8.74. The number of nitrogens with zero attached hydrogens (tertiary/aromatic N) is 1. The molecule has 1 aromatic carbocycles. The van der Waals surface area contributed by atoms with Crippen molar-refractivity contribution in [1.82, 2.24) is 4.90 Å². The van der Waals surface area contributed by atoms with E-state index in [4.69, 9.17) is 0 Å². The second-order valence-corrected chi connectivity index (χ2v) is 6.67. The normalized spacial score (nSPS) is 12.8. The fraction of sp³-hybridized carbons (Fsp3) is 0.619. The molecule has 2 heteroatoms. The van der Waals surface area contributed by atoms with E-state index in [0.717, 1.165) is 6.54 Å². The van der Waals surface area contributed by atoms with E-state index in [-0.39, 0.29) is 17.0 Å². The molecule has 0 amide bonds. The first-order chi connectivity index (χ1) is 10.9. The SMILES string of the molecule is Br.CCCCCCCCCCCCN1C=Cc2ccccc2C1. The van der Waals surface area contributed by atoms with Crippen LogP contribution in [0, 0.1) is 0 Å². The summed E-state index contributed by atoms with van der Waals surface area (Å²) in [6.45, 7) is 4.58. The molecule has 0 atom stereocenters. The Hall–Kier alpha value is -0.760. The van der Waals surface area contributed by atoms with Crippen LogP contribution in [0.2, 0.25) is 0 Å². The Balaban J connectivity index is 0.00000264. The van der Waals surface area contributed by atoms with E-state index in [1.54, 1.807) is 0 Å². The Morgan fingerprint density at radius 1 is 0.826 bits per heavy atom.